The van der Waals surface area contributed by atoms with Gasteiger partial charge in [-0.1, -0.05) is 12.5 Å². The van der Waals surface area contributed by atoms with Crippen molar-refractivity contribution in [3.8, 4) is 0 Å². The molecule has 1 aliphatic rings. The minimum absolute atomic E-state index is 0.301. The molecule has 0 spiro atoms. The summed E-state index contributed by atoms with van der Waals surface area (Å²) in [5, 5.41) is 0. The van der Waals surface area contributed by atoms with E-state index in [0.29, 0.717) is 23.7 Å². The van der Waals surface area contributed by atoms with Gasteiger partial charge in [0.15, 0.2) is 0 Å². The van der Waals surface area contributed by atoms with Gasteiger partial charge in [0.05, 0.1) is 4.90 Å². The largest absolute Gasteiger partial charge is 0.324 e. The van der Waals surface area contributed by atoms with Gasteiger partial charge in [-0.15, -0.1) is 0 Å². The Balaban J connectivity index is 2.29. The van der Waals surface area contributed by atoms with E-state index in [1.165, 1.54) is 0 Å². The Morgan fingerprint density at radius 2 is 1.88 bits per heavy atom. The maximum atomic E-state index is 12.3. The lowest BCUT2D eigenvalue weighted by Gasteiger charge is -2.26. The fraction of sp³-hybridized carbons (Fsp3) is 0.455. The number of rotatable bonds is 3. The maximum absolute atomic E-state index is 12.3. The molecule has 1 aliphatic heterocycles. The average molecular weight is 255 g/mol. The number of nitrogens with two attached hydrogens (primary N) is 1. The highest BCUT2D eigenvalue weighted by molar-refractivity contribution is 7.89. The van der Waals surface area contributed by atoms with Crippen LogP contribution in [0.4, 0.5) is 5.69 Å². The predicted molar refractivity (Wildman–Crippen MR) is 66.9 cm³/mol. The molecule has 6 heteroatoms. The molecular weight excluding hydrogens is 238 g/mol. The minimum atomic E-state index is -3.36. The summed E-state index contributed by atoms with van der Waals surface area (Å²) in [5.41, 5.74) is 3.06. The van der Waals surface area contributed by atoms with E-state index in [0.717, 1.165) is 19.3 Å². The Labute approximate surface area is 102 Å². The van der Waals surface area contributed by atoms with E-state index < -0.39 is 10.0 Å². The summed E-state index contributed by atoms with van der Waals surface area (Å²) in [7, 11) is -3.36. The van der Waals surface area contributed by atoms with Gasteiger partial charge >= 0.3 is 0 Å². The third-order valence-electron chi connectivity index (χ3n) is 2.95. The Morgan fingerprint density at radius 1 is 1.18 bits per heavy atom. The highest BCUT2D eigenvalue weighted by Crippen LogP contribution is 2.22. The molecular formula is C11H17N3O2S. The first-order valence-corrected chi connectivity index (χ1v) is 7.15. The number of piperidine rings is 1. The third kappa shape index (κ3) is 2.59. The Hall–Kier alpha value is -1.11. The zero-order valence-electron chi connectivity index (χ0n) is 9.59. The topological polar surface area (TPSA) is 75.4 Å². The molecule has 5 nitrogen and oxygen atoms in total. The molecule has 1 heterocycles. The van der Waals surface area contributed by atoms with Gasteiger partial charge in [0.25, 0.3) is 0 Å². The fourth-order valence-electron chi connectivity index (χ4n) is 2.00. The maximum Gasteiger partial charge on any atom is 0.243 e. The van der Waals surface area contributed by atoms with Crippen LogP contribution in [-0.4, -0.2) is 25.8 Å². The molecule has 2 rings (SSSR count). The van der Waals surface area contributed by atoms with Gasteiger partial charge in [-0.25, -0.2) is 8.42 Å². The molecule has 0 bridgehead atoms. The van der Waals surface area contributed by atoms with Crippen LogP contribution in [0.2, 0.25) is 0 Å². The summed E-state index contributed by atoms with van der Waals surface area (Å²) in [4.78, 5) is 0.301. The van der Waals surface area contributed by atoms with Crippen molar-refractivity contribution >= 4 is 15.7 Å². The van der Waals surface area contributed by atoms with Gasteiger partial charge in [-0.3, -0.25) is 5.84 Å². The summed E-state index contributed by atoms with van der Waals surface area (Å²) in [6.07, 6.45) is 2.98. The quantitative estimate of drug-likeness (QED) is 0.627. The van der Waals surface area contributed by atoms with E-state index in [2.05, 4.69) is 5.43 Å². The highest BCUT2D eigenvalue weighted by atomic mass is 32.2. The van der Waals surface area contributed by atoms with E-state index in [9.17, 15) is 8.42 Å². The number of nitrogens with zero attached hydrogens (tertiary/aromatic N) is 1. The second kappa shape index (κ2) is 5.03. The molecule has 3 N–H and O–H groups in total. The predicted octanol–water partition coefficient (Wildman–Crippen LogP) is 1.15. The second-order valence-electron chi connectivity index (χ2n) is 4.14. The minimum Gasteiger partial charge on any atom is -0.324 e. The Morgan fingerprint density at radius 3 is 2.53 bits per heavy atom. The van der Waals surface area contributed by atoms with Crippen LogP contribution in [0.15, 0.2) is 29.2 Å². The summed E-state index contributed by atoms with van der Waals surface area (Å²) in [5.74, 6) is 5.28. The number of hydrazine groups is 1. The zero-order valence-corrected chi connectivity index (χ0v) is 10.4. The van der Waals surface area contributed by atoms with Crippen molar-refractivity contribution in [2.45, 2.75) is 24.2 Å². The molecule has 0 unspecified atom stereocenters. The molecule has 0 atom stereocenters. The number of nitrogen functional groups attached to an aromatic ring is 1. The molecule has 1 aromatic rings. The van der Waals surface area contributed by atoms with Crippen molar-refractivity contribution < 1.29 is 8.42 Å². The molecule has 1 fully saturated rings. The van der Waals surface area contributed by atoms with Crippen molar-refractivity contribution in [2.24, 2.45) is 5.84 Å². The summed E-state index contributed by atoms with van der Waals surface area (Å²) in [6.45, 7) is 1.23. The Kier molecular flexibility index (Phi) is 3.66. The highest BCUT2D eigenvalue weighted by Gasteiger charge is 2.25. The molecule has 0 aromatic heterocycles. The van der Waals surface area contributed by atoms with Crippen LogP contribution in [0.5, 0.6) is 0 Å². The number of sulfonamides is 1. The van der Waals surface area contributed by atoms with Gasteiger partial charge in [-0.2, -0.15) is 4.31 Å². The molecule has 1 aromatic carbocycles. The monoisotopic (exact) mass is 255 g/mol. The number of nitrogens with one attached hydrogen (secondary N) is 1. The van der Waals surface area contributed by atoms with Crippen molar-refractivity contribution in [3.63, 3.8) is 0 Å². The third-order valence-corrected chi connectivity index (χ3v) is 4.85. The standard InChI is InChI=1S/C11H17N3O2S/c12-13-10-5-4-6-11(9-10)17(15,16)14-7-2-1-3-8-14/h4-6,9,13H,1-3,7-8,12H2. The lowest BCUT2D eigenvalue weighted by atomic mass is 10.2. The van der Waals surface area contributed by atoms with Crippen LogP contribution >= 0.6 is 0 Å². The van der Waals surface area contributed by atoms with E-state index >= 15 is 0 Å². The van der Waals surface area contributed by atoms with Gasteiger partial charge in [0.2, 0.25) is 10.0 Å². The van der Waals surface area contributed by atoms with Crippen LogP contribution in [0.25, 0.3) is 0 Å². The van der Waals surface area contributed by atoms with E-state index in [1.54, 1.807) is 28.6 Å². The Bertz CT molecular complexity index is 481. The normalized spacial score (nSPS) is 17.9. The fourth-order valence-corrected chi connectivity index (χ4v) is 3.56. The number of hydrogen-bond acceptors (Lipinski definition) is 4. The van der Waals surface area contributed by atoms with Crippen LogP contribution in [-0.2, 0) is 10.0 Å². The molecule has 0 amide bonds. The van der Waals surface area contributed by atoms with Crippen molar-refractivity contribution in [1.29, 1.82) is 0 Å². The van der Waals surface area contributed by atoms with Gasteiger partial charge in [-0.05, 0) is 31.0 Å². The summed E-state index contributed by atoms with van der Waals surface area (Å²) in [6, 6.07) is 6.58. The van der Waals surface area contributed by atoms with E-state index in [4.69, 9.17) is 5.84 Å². The first kappa shape index (κ1) is 12.3. The number of hydrogen-bond donors (Lipinski definition) is 2. The van der Waals surface area contributed by atoms with Crippen LogP contribution in [0.3, 0.4) is 0 Å². The van der Waals surface area contributed by atoms with E-state index in [-0.39, 0.29) is 0 Å². The molecule has 0 radical (unpaired) electrons. The van der Waals surface area contributed by atoms with Crippen LogP contribution in [0, 0.1) is 0 Å². The van der Waals surface area contributed by atoms with Crippen molar-refractivity contribution in [2.75, 3.05) is 18.5 Å². The smallest absolute Gasteiger partial charge is 0.243 e. The van der Waals surface area contributed by atoms with Gasteiger partial charge in [0, 0.05) is 18.8 Å². The second-order valence-corrected chi connectivity index (χ2v) is 6.07. The first-order valence-electron chi connectivity index (χ1n) is 5.71. The van der Waals surface area contributed by atoms with Crippen LogP contribution in [0.1, 0.15) is 19.3 Å². The average Bonchev–Trinajstić information content (AvgIpc) is 2.40. The zero-order chi connectivity index (χ0) is 12.3. The number of anilines is 1. The van der Waals surface area contributed by atoms with Crippen molar-refractivity contribution in [1.82, 2.24) is 4.31 Å². The summed E-state index contributed by atoms with van der Waals surface area (Å²) >= 11 is 0. The van der Waals surface area contributed by atoms with E-state index in [1.807, 2.05) is 0 Å². The molecule has 0 saturated carbocycles. The summed E-state index contributed by atoms with van der Waals surface area (Å²) < 4.78 is 26.2. The van der Waals surface area contributed by atoms with Gasteiger partial charge in [0.1, 0.15) is 0 Å². The molecule has 17 heavy (non-hydrogen) atoms. The first-order chi connectivity index (χ1) is 8.14. The van der Waals surface area contributed by atoms with Crippen LogP contribution < -0.4 is 11.3 Å². The van der Waals surface area contributed by atoms with Gasteiger partial charge < -0.3 is 5.43 Å². The lowest BCUT2D eigenvalue weighted by Crippen LogP contribution is -2.35. The SMILES string of the molecule is NNc1cccc(S(=O)(=O)N2CCCCC2)c1. The lowest BCUT2D eigenvalue weighted by molar-refractivity contribution is 0.346. The number of benzene rings is 1. The molecule has 1 saturated heterocycles. The van der Waals surface area contributed by atoms with Crippen molar-refractivity contribution in [3.05, 3.63) is 24.3 Å². The molecule has 0 aliphatic carbocycles. The molecule has 94 valence electrons.